The molecule has 0 spiro atoms. The van der Waals surface area contributed by atoms with Gasteiger partial charge < -0.3 is 9.80 Å². The van der Waals surface area contributed by atoms with Crippen LogP contribution in [0, 0.1) is 0 Å². The summed E-state index contributed by atoms with van der Waals surface area (Å²) in [6.45, 7) is 6.72. The highest BCUT2D eigenvalue weighted by Gasteiger charge is 2.29. The number of carbonyl (C=O) groups is 1. The van der Waals surface area contributed by atoms with Crippen molar-refractivity contribution in [2.75, 3.05) is 26.7 Å². The highest BCUT2D eigenvalue weighted by molar-refractivity contribution is 6.04. The summed E-state index contributed by atoms with van der Waals surface area (Å²) in [5.41, 5.74) is 0.226. The number of rotatable bonds is 2. The largest absolute Gasteiger partial charge is 0.332 e. The lowest BCUT2D eigenvalue weighted by Gasteiger charge is -2.38. The molecule has 1 aromatic carbocycles. The number of carbonyl (C=O) groups excluding carboxylic acids is 1. The number of nitrogens with zero attached hydrogens (tertiary/aromatic N) is 4. The summed E-state index contributed by atoms with van der Waals surface area (Å²) in [6, 6.07) is 7.34. The van der Waals surface area contributed by atoms with Gasteiger partial charge in [-0.05, 0) is 27.0 Å². The first kappa shape index (κ1) is 15.7. The fourth-order valence-corrected chi connectivity index (χ4v) is 3.18. The van der Waals surface area contributed by atoms with E-state index in [1.54, 1.807) is 12.1 Å². The van der Waals surface area contributed by atoms with Crippen molar-refractivity contribution in [1.29, 1.82) is 0 Å². The molecule has 0 aliphatic carbocycles. The van der Waals surface area contributed by atoms with Gasteiger partial charge in [-0.2, -0.15) is 5.10 Å². The van der Waals surface area contributed by atoms with Crippen LogP contribution in [0.1, 0.15) is 24.3 Å². The summed E-state index contributed by atoms with van der Waals surface area (Å²) in [5, 5.41) is 5.53. The van der Waals surface area contributed by atoms with E-state index in [0.29, 0.717) is 29.6 Å². The van der Waals surface area contributed by atoms with Crippen LogP contribution in [0.2, 0.25) is 0 Å². The van der Waals surface area contributed by atoms with Gasteiger partial charge in [-0.3, -0.25) is 9.59 Å². The Morgan fingerprint density at radius 1 is 1.26 bits per heavy atom. The topological polar surface area (TPSA) is 58.4 Å². The van der Waals surface area contributed by atoms with Crippen molar-refractivity contribution in [2.24, 2.45) is 0 Å². The molecule has 0 bridgehead atoms. The van der Waals surface area contributed by atoms with Crippen LogP contribution in [-0.2, 0) is 6.54 Å². The lowest BCUT2D eigenvalue weighted by atomic mass is 10.1. The predicted molar refractivity (Wildman–Crippen MR) is 89.7 cm³/mol. The van der Waals surface area contributed by atoms with Gasteiger partial charge in [0, 0.05) is 37.6 Å². The molecule has 0 radical (unpaired) electrons. The maximum atomic E-state index is 13.0. The van der Waals surface area contributed by atoms with E-state index in [1.807, 2.05) is 30.9 Å². The third-order valence-electron chi connectivity index (χ3n) is 4.46. The van der Waals surface area contributed by atoms with Gasteiger partial charge in [0.15, 0.2) is 5.69 Å². The van der Waals surface area contributed by atoms with Gasteiger partial charge in [0.05, 0.1) is 5.39 Å². The summed E-state index contributed by atoms with van der Waals surface area (Å²) >= 11 is 0. The van der Waals surface area contributed by atoms with E-state index in [2.05, 4.69) is 17.0 Å². The number of piperazine rings is 1. The van der Waals surface area contributed by atoms with Crippen molar-refractivity contribution in [1.82, 2.24) is 19.6 Å². The lowest BCUT2D eigenvalue weighted by molar-refractivity contribution is 0.0527. The molecule has 6 heteroatoms. The summed E-state index contributed by atoms with van der Waals surface area (Å²) in [7, 11) is 2.06. The molecule has 0 saturated carbocycles. The van der Waals surface area contributed by atoms with Gasteiger partial charge in [-0.1, -0.05) is 18.2 Å². The minimum absolute atomic E-state index is 0.0935. The first-order chi connectivity index (χ1) is 11.0. The highest BCUT2D eigenvalue weighted by atomic mass is 16.2. The third-order valence-corrected chi connectivity index (χ3v) is 4.46. The Morgan fingerprint density at radius 2 is 1.96 bits per heavy atom. The second-order valence-corrected chi connectivity index (χ2v) is 6.12. The molecule has 1 aliphatic heterocycles. The SMILES string of the molecule is CCn1nc(C(=O)N2CCN(C)C[C@@H]2C)c2ccccc2c1=O. The minimum atomic E-state index is -0.147. The smallest absolute Gasteiger partial charge is 0.275 e. The van der Waals surface area contributed by atoms with E-state index in [-0.39, 0.29) is 17.5 Å². The van der Waals surface area contributed by atoms with E-state index < -0.39 is 0 Å². The van der Waals surface area contributed by atoms with E-state index in [4.69, 9.17) is 0 Å². The van der Waals surface area contributed by atoms with Gasteiger partial charge in [0.25, 0.3) is 11.5 Å². The predicted octanol–water partition coefficient (Wildman–Crippen LogP) is 1.19. The van der Waals surface area contributed by atoms with Crippen molar-refractivity contribution >= 4 is 16.7 Å². The number of benzene rings is 1. The zero-order valence-corrected chi connectivity index (χ0v) is 13.8. The second-order valence-electron chi connectivity index (χ2n) is 6.12. The summed E-state index contributed by atoms with van der Waals surface area (Å²) in [6.07, 6.45) is 0. The van der Waals surface area contributed by atoms with Crippen LogP contribution in [-0.4, -0.2) is 58.2 Å². The molecule has 1 aliphatic rings. The van der Waals surface area contributed by atoms with Crippen LogP contribution >= 0.6 is 0 Å². The Hall–Kier alpha value is -2.21. The number of aryl methyl sites for hydroxylation is 1. The number of likely N-dealkylation sites (N-methyl/N-ethyl adjacent to an activating group) is 1. The highest BCUT2D eigenvalue weighted by Crippen LogP contribution is 2.18. The fourth-order valence-electron chi connectivity index (χ4n) is 3.18. The van der Waals surface area contributed by atoms with Crippen LogP contribution in [0.3, 0.4) is 0 Å². The number of aromatic nitrogens is 2. The van der Waals surface area contributed by atoms with Crippen LogP contribution in [0.5, 0.6) is 0 Å². The van der Waals surface area contributed by atoms with Crippen LogP contribution in [0.25, 0.3) is 10.8 Å². The number of hydrogen-bond donors (Lipinski definition) is 0. The standard InChI is InChI=1S/C17H22N4O2/c1-4-21-16(22)14-8-6-5-7-13(14)15(18-21)17(23)20-10-9-19(3)11-12(20)2/h5-8,12H,4,9-11H2,1-3H3/t12-/m0/s1. The van der Waals surface area contributed by atoms with Crippen molar-refractivity contribution < 1.29 is 4.79 Å². The van der Waals surface area contributed by atoms with Crippen molar-refractivity contribution in [2.45, 2.75) is 26.4 Å². The number of fused-ring (bicyclic) bond motifs is 1. The Bertz CT molecular complexity index is 799. The van der Waals surface area contributed by atoms with Gasteiger partial charge in [-0.25, -0.2) is 4.68 Å². The molecular weight excluding hydrogens is 292 g/mol. The van der Waals surface area contributed by atoms with Gasteiger partial charge in [0.2, 0.25) is 0 Å². The van der Waals surface area contributed by atoms with Crippen LogP contribution in [0.15, 0.2) is 29.1 Å². The first-order valence-electron chi connectivity index (χ1n) is 8.02. The number of amides is 1. The normalized spacial score (nSPS) is 19.3. The van der Waals surface area contributed by atoms with Gasteiger partial charge in [-0.15, -0.1) is 0 Å². The molecule has 0 N–H and O–H groups in total. The first-order valence-corrected chi connectivity index (χ1v) is 8.02. The molecule has 3 rings (SSSR count). The summed E-state index contributed by atoms with van der Waals surface area (Å²) < 4.78 is 1.37. The molecule has 1 fully saturated rings. The zero-order chi connectivity index (χ0) is 16.6. The average Bonchev–Trinajstić information content (AvgIpc) is 2.55. The van der Waals surface area contributed by atoms with Gasteiger partial charge >= 0.3 is 0 Å². The van der Waals surface area contributed by atoms with Crippen molar-refractivity contribution in [3.63, 3.8) is 0 Å². The monoisotopic (exact) mass is 314 g/mol. The number of hydrogen-bond acceptors (Lipinski definition) is 4. The van der Waals surface area contributed by atoms with E-state index in [9.17, 15) is 9.59 Å². The average molecular weight is 314 g/mol. The van der Waals surface area contributed by atoms with Crippen molar-refractivity contribution in [3.8, 4) is 0 Å². The maximum Gasteiger partial charge on any atom is 0.275 e. The quantitative estimate of drug-likeness (QED) is 0.835. The third kappa shape index (κ3) is 2.74. The molecule has 1 saturated heterocycles. The van der Waals surface area contributed by atoms with Gasteiger partial charge in [0.1, 0.15) is 0 Å². The molecular formula is C17H22N4O2. The van der Waals surface area contributed by atoms with E-state index >= 15 is 0 Å². The van der Waals surface area contributed by atoms with Crippen LogP contribution < -0.4 is 5.56 Å². The Labute approximate surface area is 135 Å². The molecule has 0 unspecified atom stereocenters. The molecule has 6 nitrogen and oxygen atoms in total. The van der Waals surface area contributed by atoms with E-state index in [0.717, 1.165) is 13.1 Å². The van der Waals surface area contributed by atoms with Crippen molar-refractivity contribution in [3.05, 3.63) is 40.3 Å². The maximum absolute atomic E-state index is 13.0. The second kappa shape index (κ2) is 6.12. The lowest BCUT2D eigenvalue weighted by Crippen LogP contribution is -2.53. The fraction of sp³-hybridized carbons (Fsp3) is 0.471. The molecule has 2 heterocycles. The Morgan fingerprint density at radius 3 is 2.61 bits per heavy atom. The summed E-state index contributed by atoms with van der Waals surface area (Å²) in [5.74, 6) is -0.0935. The molecule has 1 atom stereocenters. The van der Waals surface area contributed by atoms with Crippen LogP contribution in [0.4, 0.5) is 0 Å². The molecule has 23 heavy (non-hydrogen) atoms. The Kier molecular flexibility index (Phi) is 4.17. The minimum Gasteiger partial charge on any atom is -0.332 e. The molecule has 2 aromatic rings. The summed E-state index contributed by atoms with van der Waals surface area (Å²) in [4.78, 5) is 29.5. The molecule has 1 amide bonds. The molecule has 1 aromatic heterocycles. The van der Waals surface area contributed by atoms with E-state index in [1.165, 1.54) is 4.68 Å². The molecule has 122 valence electrons. The Balaban J connectivity index is 2.10. The zero-order valence-electron chi connectivity index (χ0n) is 13.8.